The van der Waals surface area contributed by atoms with E-state index in [-0.39, 0.29) is 24.8 Å². The molecule has 21 heavy (non-hydrogen) atoms. The maximum atomic E-state index is 11.8. The molecule has 2 N–H and O–H groups in total. The average molecular weight is 291 g/mol. The van der Waals surface area contributed by atoms with Crippen molar-refractivity contribution in [2.24, 2.45) is 0 Å². The van der Waals surface area contributed by atoms with Gasteiger partial charge in [-0.1, -0.05) is 5.16 Å². The monoisotopic (exact) mass is 291 g/mol. The van der Waals surface area contributed by atoms with Crippen molar-refractivity contribution in [3.8, 4) is 0 Å². The van der Waals surface area contributed by atoms with E-state index in [4.69, 9.17) is 8.94 Å². The number of aryl methyl sites for hydroxylation is 2. The first-order valence-electron chi connectivity index (χ1n) is 6.54. The Bertz CT molecular complexity index is 597. The highest BCUT2D eigenvalue weighted by Gasteiger charge is 2.14. The van der Waals surface area contributed by atoms with E-state index in [1.807, 2.05) is 0 Å². The molecule has 0 radical (unpaired) electrons. The second kappa shape index (κ2) is 6.74. The van der Waals surface area contributed by atoms with Crippen LogP contribution in [0, 0.1) is 13.8 Å². The fraction of sp³-hybridized carbons (Fsp3) is 0.357. The molecule has 0 aliphatic heterocycles. The van der Waals surface area contributed by atoms with Crippen LogP contribution in [0.3, 0.4) is 0 Å². The van der Waals surface area contributed by atoms with Gasteiger partial charge >= 0.3 is 0 Å². The van der Waals surface area contributed by atoms with Gasteiger partial charge in [0, 0.05) is 5.56 Å². The van der Waals surface area contributed by atoms with Crippen LogP contribution in [0.2, 0.25) is 0 Å². The van der Waals surface area contributed by atoms with E-state index < -0.39 is 0 Å². The Labute approximate surface area is 121 Å². The number of hydrogen-bond donors (Lipinski definition) is 2. The third kappa shape index (κ3) is 4.20. The Balaban J connectivity index is 1.72. The van der Waals surface area contributed by atoms with E-state index in [2.05, 4.69) is 15.8 Å². The molecule has 2 aromatic rings. The first kappa shape index (κ1) is 14.8. The largest absolute Gasteiger partial charge is 0.467 e. The quantitative estimate of drug-likeness (QED) is 0.822. The number of carbonyl (C=O) groups excluding carboxylic acids is 2. The minimum absolute atomic E-state index is 0.0804. The molecule has 0 aliphatic carbocycles. The molecule has 0 saturated heterocycles. The van der Waals surface area contributed by atoms with Crippen molar-refractivity contribution in [2.45, 2.75) is 26.8 Å². The SMILES string of the molecule is Cc1noc(C)c1CC(=O)NCC(=O)NCc1ccco1. The molecule has 0 atom stereocenters. The highest BCUT2D eigenvalue weighted by molar-refractivity contribution is 5.85. The molecule has 2 heterocycles. The number of aromatic nitrogens is 1. The van der Waals surface area contributed by atoms with Gasteiger partial charge in [-0.3, -0.25) is 9.59 Å². The van der Waals surface area contributed by atoms with Crippen LogP contribution >= 0.6 is 0 Å². The summed E-state index contributed by atoms with van der Waals surface area (Å²) in [4.78, 5) is 23.4. The fourth-order valence-electron chi connectivity index (χ4n) is 1.82. The highest BCUT2D eigenvalue weighted by atomic mass is 16.5. The Morgan fingerprint density at radius 1 is 1.24 bits per heavy atom. The van der Waals surface area contributed by atoms with Crippen LogP contribution in [0.15, 0.2) is 27.3 Å². The molecule has 2 amide bonds. The van der Waals surface area contributed by atoms with Crippen LogP contribution in [0.1, 0.15) is 22.8 Å². The standard InChI is InChI=1S/C14H17N3O4/c1-9-12(10(2)21-17-9)6-13(18)16-8-14(19)15-7-11-4-3-5-20-11/h3-5H,6-8H2,1-2H3,(H,15,19)(H,16,18). The second-order valence-electron chi connectivity index (χ2n) is 4.61. The lowest BCUT2D eigenvalue weighted by atomic mass is 10.1. The van der Waals surface area contributed by atoms with Gasteiger partial charge in [0.15, 0.2) is 0 Å². The van der Waals surface area contributed by atoms with Gasteiger partial charge in [0.2, 0.25) is 11.8 Å². The van der Waals surface area contributed by atoms with Gasteiger partial charge in [-0.25, -0.2) is 0 Å². The summed E-state index contributed by atoms with van der Waals surface area (Å²) in [6.07, 6.45) is 1.68. The fourth-order valence-corrected chi connectivity index (χ4v) is 1.82. The third-order valence-corrected chi connectivity index (χ3v) is 3.00. The molecule has 0 fully saturated rings. The number of rotatable bonds is 6. The van der Waals surface area contributed by atoms with Gasteiger partial charge in [-0.15, -0.1) is 0 Å². The summed E-state index contributed by atoms with van der Waals surface area (Å²) in [7, 11) is 0. The summed E-state index contributed by atoms with van der Waals surface area (Å²) in [5.74, 6) is 0.742. The summed E-state index contributed by atoms with van der Waals surface area (Å²) in [6.45, 7) is 3.74. The van der Waals surface area contributed by atoms with Gasteiger partial charge in [0.05, 0.1) is 31.5 Å². The Hall–Kier alpha value is -2.57. The number of furan rings is 1. The molecule has 0 spiro atoms. The Kier molecular flexibility index (Phi) is 4.76. The van der Waals surface area contributed by atoms with Crippen molar-refractivity contribution in [1.29, 1.82) is 0 Å². The normalized spacial score (nSPS) is 10.4. The van der Waals surface area contributed by atoms with E-state index in [1.165, 1.54) is 6.26 Å². The van der Waals surface area contributed by atoms with E-state index in [0.29, 0.717) is 23.8 Å². The number of carbonyl (C=O) groups is 2. The van der Waals surface area contributed by atoms with Crippen molar-refractivity contribution in [1.82, 2.24) is 15.8 Å². The van der Waals surface area contributed by atoms with Crippen molar-refractivity contribution in [3.63, 3.8) is 0 Å². The first-order chi connectivity index (χ1) is 10.1. The molecular formula is C14H17N3O4. The second-order valence-corrected chi connectivity index (χ2v) is 4.61. The van der Waals surface area contributed by atoms with Gasteiger partial charge in [0.25, 0.3) is 0 Å². The first-order valence-corrected chi connectivity index (χ1v) is 6.54. The van der Waals surface area contributed by atoms with Crippen molar-refractivity contribution >= 4 is 11.8 Å². The Morgan fingerprint density at radius 3 is 2.67 bits per heavy atom. The van der Waals surface area contributed by atoms with Crippen LogP contribution in [-0.4, -0.2) is 23.5 Å². The molecular weight excluding hydrogens is 274 g/mol. The topological polar surface area (TPSA) is 97.4 Å². The number of amides is 2. The van der Waals surface area contributed by atoms with Crippen molar-refractivity contribution in [2.75, 3.05) is 6.54 Å². The van der Waals surface area contributed by atoms with Gasteiger partial charge < -0.3 is 19.6 Å². The minimum atomic E-state index is -0.279. The lowest BCUT2D eigenvalue weighted by Gasteiger charge is -2.05. The number of nitrogens with one attached hydrogen (secondary N) is 2. The summed E-state index contributed by atoms with van der Waals surface area (Å²) in [5, 5.41) is 8.98. The minimum Gasteiger partial charge on any atom is -0.467 e. The van der Waals surface area contributed by atoms with E-state index >= 15 is 0 Å². The number of nitrogens with zero attached hydrogens (tertiary/aromatic N) is 1. The molecule has 0 aromatic carbocycles. The van der Waals surface area contributed by atoms with Gasteiger partial charge in [-0.2, -0.15) is 0 Å². The van der Waals surface area contributed by atoms with Crippen LogP contribution in [0.5, 0.6) is 0 Å². The summed E-state index contributed by atoms with van der Waals surface area (Å²) in [6, 6.07) is 3.50. The van der Waals surface area contributed by atoms with Crippen LogP contribution in [-0.2, 0) is 22.6 Å². The van der Waals surface area contributed by atoms with E-state index in [0.717, 1.165) is 5.56 Å². The van der Waals surface area contributed by atoms with Crippen molar-refractivity contribution < 1.29 is 18.5 Å². The molecule has 2 aromatic heterocycles. The summed E-state index contributed by atoms with van der Waals surface area (Å²) >= 11 is 0. The van der Waals surface area contributed by atoms with E-state index in [1.54, 1.807) is 26.0 Å². The lowest BCUT2D eigenvalue weighted by molar-refractivity contribution is -0.125. The van der Waals surface area contributed by atoms with Crippen LogP contribution in [0.25, 0.3) is 0 Å². The van der Waals surface area contributed by atoms with Crippen LogP contribution < -0.4 is 10.6 Å². The maximum absolute atomic E-state index is 11.8. The molecule has 112 valence electrons. The summed E-state index contributed by atoms with van der Waals surface area (Å²) < 4.78 is 10.1. The molecule has 0 unspecified atom stereocenters. The smallest absolute Gasteiger partial charge is 0.239 e. The predicted molar refractivity (Wildman–Crippen MR) is 73.2 cm³/mol. The van der Waals surface area contributed by atoms with Gasteiger partial charge in [0.1, 0.15) is 11.5 Å². The zero-order valence-electron chi connectivity index (χ0n) is 11.9. The molecule has 0 aliphatic rings. The Morgan fingerprint density at radius 2 is 2.05 bits per heavy atom. The summed E-state index contributed by atoms with van der Waals surface area (Å²) in [5.41, 5.74) is 1.44. The average Bonchev–Trinajstić information content (AvgIpc) is 3.08. The molecule has 2 rings (SSSR count). The lowest BCUT2D eigenvalue weighted by Crippen LogP contribution is -2.37. The molecule has 0 saturated carbocycles. The van der Waals surface area contributed by atoms with Crippen molar-refractivity contribution in [3.05, 3.63) is 41.2 Å². The molecule has 7 nitrogen and oxygen atoms in total. The van der Waals surface area contributed by atoms with E-state index in [9.17, 15) is 9.59 Å². The zero-order chi connectivity index (χ0) is 15.2. The third-order valence-electron chi connectivity index (χ3n) is 3.00. The van der Waals surface area contributed by atoms with Gasteiger partial charge in [-0.05, 0) is 26.0 Å². The molecule has 7 heteroatoms. The molecule has 0 bridgehead atoms. The predicted octanol–water partition coefficient (Wildman–Crippen LogP) is 0.860. The number of hydrogen-bond acceptors (Lipinski definition) is 5. The highest BCUT2D eigenvalue weighted by Crippen LogP contribution is 2.12. The van der Waals surface area contributed by atoms with Crippen LogP contribution in [0.4, 0.5) is 0 Å². The zero-order valence-corrected chi connectivity index (χ0v) is 11.9. The maximum Gasteiger partial charge on any atom is 0.239 e.